The molecule has 0 aliphatic heterocycles. The molecule has 0 atom stereocenters. The zero-order valence-electron chi connectivity index (χ0n) is 12.8. The van der Waals surface area contributed by atoms with Gasteiger partial charge in [-0.2, -0.15) is 0 Å². The van der Waals surface area contributed by atoms with Gasteiger partial charge < -0.3 is 4.74 Å². The molecule has 0 aromatic heterocycles. The van der Waals surface area contributed by atoms with Crippen molar-refractivity contribution in [3.8, 4) is 0 Å². The van der Waals surface area contributed by atoms with Crippen LogP contribution in [0.15, 0.2) is 53.4 Å². The summed E-state index contributed by atoms with van der Waals surface area (Å²) >= 11 is 0. The summed E-state index contributed by atoms with van der Waals surface area (Å²) in [5.74, 6) is -2.07. The average Bonchev–Trinajstić information content (AvgIpc) is 2.52. The molecular weight excluding hydrogens is 367 g/mol. The number of ketones is 1. The van der Waals surface area contributed by atoms with Crippen molar-refractivity contribution in [3.05, 3.63) is 65.2 Å². The number of carbonyl (C=O) groups excluding carboxylic acids is 2. The first-order chi connectivity index (χ1) is 11.3. The van der Waals surface area contributed by atoms with Crippen LogP contribution in [-0.4, -0.2) is 18.4 Å². The van der Waals surface area contributed by atoms with Crippen molar-refractivity contribution < 1.29 is 33.8 Å². The summed E-state index contributed by atoms with van der Waals surface area (Å²) in [6.07, 6.45) is 0. The van der Waals surface area contributed by atoms with E-state index < -0.39 is 38.0 Å². The summed E-state index contributed by atoms with van der Waals surface area (Å²) in [7, 11) is -10.0. The molecule has 2 aromatic rings. The maximum Gasteiger partial charge on any atom is 0.338 e. The standard InChI is InChI=1S/C16H13F5O3S/c1-2-24-16(23)14-10-12(25(17,18,19,20)21)8-9-13(14)15(22)11-6-4-3-5-7-11/h3-10H,2H2,1H3. The maximum atomic E-state index is 13.0. The smallest absolute Gasteiger partial charge is 0.338 e. The third-order valence-corrected chi connectivity index (χ3v) is 4.36. The molecule has 0 bridgehead atoms. The molecule has 2 aromatic carbocycles. The summed E-state index contributed by atoms with van der Waals surface area (Å²) in [5, 5.41) is 0. The Morgan fingerprint density at radius 2 is 1.52 bits per heavy atom. The van der Waals surface area contributed by atoms with Crippen molar-refractivity contribution in [2.75, 3.05) is 6.61 Å². The Hall–Kier alpha value is -2.42. The van der Waals surface area contributed by atoms with E-state index in [1.807, 2.05) is 0 Å². The number of halogens is 5. The van der Waals surface area contributed by atoms with E-state index in [0.717, 1.165) is 0 Å². The van der Waals surface area contributed by atoms with E-state index in [1.165, 1.54) is 31.2 Å². The van der Waals surface area contributed by atoms with Crippen LogP contribution >= 0.6 is 10.2 Å². The van der Waals surface area contributed by atoms with Crippen molar-refractivity contribution >= 4 is 22.0 Å². The monoisotopic (exact) mass is 380 g/mol. The molecule has 2 rings (SSSR count). The molecule has 0 radical (unpaired) electrons. The molecule has 9 heteroatoms. The van der Waals surface area contributed by atoms with Gasteiger partial charge in [-0.05, 0) is 25.1 Å². The quantitative estimate of drug-likeness (QED) is 0.377. The molecule has 0 saturated heterocycles. The van der Waals surface area contributed by atoms with E-state index in [4.69, 9.17) is 0 Å². The molecule has 136 valence electrons. The van der Waals surface area contributed by atoms with Crippen LogP contribution < -0.4 is 0 Å². The zero-order chi connectivity index (χ0) is 18.9. The van der Waals surface area contributed by atoms with Gasteiger partial charge in [0.1, 0.15) is 4.90 Å². The lowest BCUT2D eigenvalue weighted by atomic mass is 9.98. The molecule has 0 saturated carbocycles. The number of esters is 1. The number of hydrogen-bond donors (Lipinski definition) is 0. The van der Waals surface area contributed by atoms with Crippen molar-refractivity contribution in [3.63, 3.8) is 0 Å². The largest absolute Gasteiger partial charge is 0.462 e. The highest BCUT2D eigenvalue weighted by Crippen LogP contribution is 3.02. The SMILES string of the molecule is CCOC(=O)c1cc(S(F)(F)(F)(F)F)ccc1C(=O)c1ccccc1. The van der Waals surface area contributed by atoms with Crippen LogP contribution in [0.2, 0.25) is 0 Å². The van der Waals surface area contributed by atoms with Crippen LogP contribution in [0.25, 0.3) is 0 Å². The number of ether oxygens (including phenoxy) is 1. The Labute approximate surface area is 140 Å². The van der Waals surface area contributed by atoms with Gasteiger partial charge in [0.2, 0.25) is 0 Å². The highest BCUT2D eigenvalue weighted by Gasteiger charge is 2.65. The Bertz CT molecular complexity index is 832. The molecule has 0 aliphatic rings. The molecule has 3 nitrogen and oxygen atoms in total. The van der Waals surface area contributed by atoms with E-state index in [1.54, 1.807) is 6.07 Å². The predicted molar refractivity (Wildman–Crippen MR) is 83.7 cm³/mol. The van der Waals surface area contributed by atoms with Crippen LogP contribution in [0, 0.1) is 0 Å². The second kappa shape index (κ2) is 5.55. The van der Waals surface area contributed by atoms with Gasteiger partial charge in [-0.1, -0.05) is 49.8 Å². The molecule has 0 amide bonds. The Kier molecular flexibility index (Phi) is 4.20. The Morgan fingerprint density at radius 3 is 2.04 bits per heavy atom. The van der Waals surface area contributed by atoms with Crippen molar-refractivity contribution in [1.29, 1.82) is 0 Å². The zero-order valence-corrected chi connectivity index (χ0v) is 13.7. The second-order valence-corrected chi connectivity index (χ2v) is 7.50. The van der Waals surface area contributed by atoms with Crippen molar-refractivity contribution in [2.24, 2.45) is 0 Å². The molecular formula is C16H13F5O3S. The fraction of sp³-hybridized carbons (Fsp3) is 0.125. The molecule has 0 heterocycles. The predicted octanol–water partition coefficient (Wildman–Crippen LogP) is 5.75. The van der Waals surface area contributed by atoms with Gasteiger partial charge in [0.25, 0.3) is 0 Å². The third-order valence-electron chi connectivity index (χ3n) is 3.21. The fourth-order valence-corrected chi connectivity index (χ4v) is 2.75. The highest BCUT2D eigenvalue weighted by atomic mass is 32.5. The van der Waals surface area contributed by atoms with Gasteiger partial charge in [-0.15, -0.1) is 0 Å². The first kappa shape index (κ1) is 18.9. The molecule has 0 N–H and O–H groups in total. The van der Waals surface area contributed by atoms with E-state index >= 15 is 0 Å². The normalized spacial score (nSPS) is 14.3. The number of carbonyl (C=O) groups is 2. The number of hydrogen-bond acceptors (Lipinski definition) is 3. The van der Waals surface area contributed by atoms with E-state index in [9.17, 15) is 29.0 Å². The van der Waals surface area contributed by atoms with Crippen molar-refractivity contribution in [1.82, 2.24) is 0 Å². The van der Waals surface area contributed by atoms with Crippen LogP contribution in [0.3, 0.4) is 0 Å². The maximum absolute atomic E-state index is 13.0. The molecule has 0 spiro atoms. The summed E-state index contributed by atoms with van der Waals surface area (Å²) in [4.78, 5) is 22.1. The second-order valence-electron chi connectivity index (χ2n) is 5.09. The first-order valence-corrected chi connectivity index (χ1v) is 8.93. The van der Waals surface area contributed by atoms with Gasteiger partial charge >= 0.3 is 16.2 Å². The average molecular weight is 380 g/mol. The van der Waals surface area contributed by atoms with Gasteiger partial charge in [0, 0.05) is 11.1 Å². The van der Waals surface area contributed by atoms with Crippen LogP contribution in [0.1, 0.15) is 33.2 Å². The summed E-state index contributed by atoms with van der Waals surface area (Å²) in [6.45, 7) is 1.20. The van der Waals surface area contributed by atoms with Gasteiger partial charge in [-0.3, -0.25) is 4.79 Å². The minimum atomic E-state index is -10.0. The molecule has 25 heavy (non-hydrogen) atoms. The highest BCUT2D eigenvalue weighted by molar-refractivity contribution is 8.45. The molecule has 0 aliphatic carbocycles. The Balaban J connectivity index is 2.66. The third kappa shape index (κ3) is 4.36. The first-order valence-electron chi connectivity index (χ1n) is 6.98. The van der Waals surface area contributed by atoms with E-state index in [2.05, 4.69) is 4.74 Å². The molecule has 0 unspecified atom stereocenters. The summed E-state index contributed by atoms with van der Waals surface area (Å²) in [5.41, 5.74) is -1.22. The number of rotatable bonds is 5. The molecule has 0 fully saturated rings. The topological polar surface area (TPSA) is 43.4 Å². The summed E-state index contributed by atoms with van der Waals surface area (Å²) < 4.78 is 69.6. The fourth-order valence-electron chi connectivity index (χ4n) is 2.08. The van der Waals surface area contributed by atoms with E-state index in [-0.39, 0.29) is 24.3 Å². The number of benzene rings is 2. The van der Waals surface area contributed by atoms with Gasteiger partial charge in [0.15, 0.2) is 5.78 Å². The Morgan fingerprint density at radius 1 is 0.920 bits per heavy atom. The minimum Gasteiger partial charge on any atom is -0.462 e. The lowest BCUT2D eigenvalue weighted by molar-refractivity contribution is 0.0523. The van der Waals surface area contributed by atoms with Crippen LogP contribution in [0.5, 0.6) is 0 Å². The van der Waals surface area contributed by atoms with E-state index in [0.29, 0.717) is 6.07 Å². The van der Waals surface area contributed by atoms with Crippen LogP contribution in [-0.2, 0) is 4.74 Å². The van der Waals surface area contributed by atoms with Gasteiger partial charge in [0.05, 0.1) is 12.2 Å². The van der Waals surface area contributed by atoms with Gasteiger partial charge in [-0.25, -0.2) is 4.79 Å². The van der Waals surface area contributed by atoms with Crippen LogP contribution in [0.4, 0.5) is 19.4 Å². The lowest BCUT2D eigenvalue weighted by Crippen LogP contribution is -2.15. The van der Waals surface area contributed by atoms with Crippen molar-refractivity contribution in [2.45, 2.75) is 11.8 Å². The lowest BCUT2D eigenvalue weighted by Gasteiger charge is -2.40. The summed E-state index contributed by atoms with van der Waals surface area (Å²) in [6, 6.07) is 8.04. The minimum absolute atomic E-state index is 0.0320.